The Balaban J connectivity index is 2.24. The van der Waals surface area contributed by atoms with Gasteiger partial charge in [0.15, 0.2) is 0 Å². The Bertz CT molecular complexity index is 439. The SMILES string of the molecule is CCC1CCN(c2cccc(F)c2C(N)=S)CC1. The lowest BCUT2D eigenvalue weighted by atomic mass is 9.93. The summed E-state index contributed by atoms with van der Waals surface area (Å²) in [4.78, 5) is 2.34. The van der Waals surface area contributed by atoms with E-state index in [0.29, 0.717) is 5.56 Å². The van der Waals surface area contributed by atoms with Crippen LogP contribution in [0.3, 0.4) is 0 Å². The first-order valence-corrected chi connectivity index (χ1v) is 6.87. The van der Waals surface area contributed by atoms with Crippen molar-refractivity contribution in [1.82, 2.24) is 0 Å². The van der Waals surface area contributed by atoms with Crippen LogP contribution in [0.15, 0.2) is 18.2 Å². The van der Waals surface area contributed by atoms with Gasteiger partial charge in [0.05, 0.1) is 5.56 Å². The molecule has 98 valence electrons. The number of piperidine rings is 1. The Morgan fingerprint density at radius 2 is 2.11 bits per heavy atom. The van der Waals surface area contributed by atoms with Crippen molar-refractivity contribution in [3.05, 3.63) is 29.6 Å². The lowest BCUT2D eigenvalue weighted by Crippen LogP contribution is -2.35. The summed E-state index contributed by atoms with van der Waals surface area (Å²) in [6.45, 7) is 4.14. The largest absolute Gasteiger partial charge is 0.389 e. The predicted octanol–water partition coefficient (Wildman–Crippen LogP) is 3.09. The number of benzene rings is 1. The third-order valence-electron chi connectivity index (χ3n) is 3.77. The number of thiocarbonyl (C=S) groups is 1. The summed E-state index contributed by atoms with van der Waals surface area (Å²) in [5.41, 5.74) is 6.88. The van der Waals surface area contributed by atoms with Crippen LogP contribution in [-0.2, 0) is 0 Å². The Morgan fingerprint density at radius 3 is 2.67 bits per heavy atom. The Labute approximate surface area is 113 Å². The number of hydrogen-bond donors (Lipinski definition) is 1. The van der Waals surface area contributed by atoms with Gasteiger partial charge in [0, 0.05) is 18.8 Å². The molecule has 1 aromatic carbocycles. The van der Waals surface area contributed by atoms with Crippen LogP contribution < -0.4 is 10.6 Å². The topological polar surface area (TPSA) is 29.3 Å². The molecule has 0 atom stereocenters. The molecule has 2 rings (SSSR count). The van der Waals surface area contributed by atoms with Gasteiger partial charge >= 0.3 is 0 Å². The first kappa shape index (κ1) is 13.3. The average molecular weight is 266 g/mol. The number of nitrogens with two attached hydrogens (primary N) is 1. The van der Waals surface area contributed by atoms with Crippen LogP contribution >= 0.6 is 12.2 Å². The van der Waals surface area contributed by atoms with Gasteiger partial charge in [0.25, 0.3) is 0 Å². The van der Waals surface area contributed by atoms with Crippen molar-refractivity contribution in [2.24, 2.45) is 11.7 Å². The Hall–Kier alpha value is -1.16. The van der Waals surface area contributed by atoms with E-state index < -0.39 is 0 Å². The number of halogens is 1. The zero-order valence-electron chi connectivity index (χ0n) is 10.7. The minimum absolute atomic E-state index is 0.140. The molecule has 1 aliphatic heterocycles. The molecule has 0 aromatic heterocycles. The molecule has 0 aliphatic carbocycles. The van der Waals surface area contributed by atoms with Crippen molar-refractivity contribution in [2.45, 2.75) is 26.2 Å². The summed E-state index contributed by atoms with van der Waals surface area (Å²) in [6.07, 6.45) is 3.53. The highest BCUT2D eigenvalue weighted by atomic mass is 32.1. The maximum Gasteiger partial charge on any atom is 0.135 e. The van der Waals surface area contributed by atoms with Crippen molar-refractivity contribution in [3.8, 4) is 0 Å². The number of hydrogen-bond acceptors (Lipinski definition) is 2. The average Bonchev–Trinajstić information content (AvgIpc) is 2.38. The van der Waals surface area contributed by atoms with Crippen LogP contribution in [0.5, 0.6) is 0 Å². The van der Waals surface area contributed by atoms with Crippen LogP contribution in [-0.4, -0.2) is 18.1 Å². The summed E-state index contributed by atoms with van der Waals surface area (Å²) < 4.78 is 13.8. The van der Waals surface area contributed by atoms with Crippen LogP contribution in [0.25, 0.3) is 0 Å². The third kappa shape index (κ3) is 2.64. The third-order valence-corrected chi connectivity index (χ3v) is 3.97. The molecule has 1 aliphatic rings. The van der Waals surface area contributed by atoms with E-state index in [1.807, 2.05) is 6.07 Å². The monoisotopic (exact) mass is 266 g/mol. The fraction of sp³-hybridized carbons (Fsp3) is 0.500. The van der Waals surface area contributed by atoms with E-state index in [4.69, 9.17) is 18.0 Å². The molecule has 1 heterocycles. The molecule has 0 radical (unpaired) electrons. The van der Waals surface area contributed by atoms with E-state index in [-0.39, 0.29) is 10.8 Å². The van der Waals surface area contributed by atoms with Gasteiger partial charge in [-0.3, -0.25) is 0 Å². The maximum atomic E-state index is 13.8. The van der Waals surface area contributed by atoms with Gasteiger partial charge in [0.1, 0.15) is 10.8 Å². The molecule has 0 unspecified atom stereocenters. The number of anilines is 1. The molecule has 0 bridgehead atoms. The molecule has 0 spiro atoms. The van der Waals surface area contributed by atoms with E-state index in [1.54, 1.807) is 6.07 Å². The van der Waals surface area contributed by atoms with E-state index in [0.717, 1.165) is 37.5 Å². The molecule has 1 aromatic rings. The lowest BCUT2D eigenvalue weighted by Gasteiger charge is -2.34. The van der Waals surface area contributed by atoms with Crippen LogP contribution in [0.4, 0.5) is 10.1 Å². The Kier molecular flexibility index (Phi) is 4.17. The molecule has 1 fully saturated rings. The van der Waals surface area contributed by atoms with Gasteiger partial charge in [0.2, 0.25) is 0 Å². The van der Waals surface area contributed by atoms with Gasteiger partial charge in [-0.1, -0.05) is 31.6 Å². The van der Waals surface area contributed by atoms with Crippen molar-refractivity contribution < 1.29 is 4.39 Å². The fourth-order valence-corrected chi connectivity index (χ4v) is 2.80. The fourth-order valence-electron chi connectivity index (χ4n) is 2.60. The molecule has 2 nitrogen and oxygen atoms in total. The molecule has 1 saturated heterocycles. The van der Waals surface area contributed by atoms with Crippen LogP contribution in [0.2, 0.25) is 0 Å². The molecule has 4 heteroatoms. The van der Waals surface area contributed by atoms with Gasteiger partial charge in [-0.05, 0) is 30.9 Å². The van der Waals surface area contributed by atoms with Crippen LogP contribution in [0.1, 0.15) is 31.7 Å². The summed E-state index contributed by atoms with van der Waals surface area (Å²) in [5, 5.41) is 0. The first-order valence-electron chi connectivity index (χ1n) is 6.46. The van der Waals surface area contributed by atoms with Crippen molar-refractivity contribution in [3.63, 3.8) is 0 Å². The molecule has 0 amide bonds. The molecular formula is C14H19FN2S. The second-order valence-corrected chi connectivity index (χ2v) is 5.28. The smallest absolute Gasteiger partial charge is 0.135 e. The second kappa shape index (κ2) is 5.65. The molecular weight excluding hydrogens is 247 g/mol. The minimum atomic E-state index is -0.322. The highest BCUT2D eigenvalue weighted by molar-refractivity contribution is 7.80. The number of rotatable bonds is 3. The Morgan fingerprint density at radius 1 is 1.44 bits per heavy atom. The van der Waals surface area contributed by atoms with Crippen molar-refractivity contribution in [2.75, 3.05) is 18.0 Å². The van der Waals surface area contributed by atoms with Gasteiger partial charge in [-0.15, -0.1) is 0 Å². The van der Waals surface area contributed by atoms with Gasteiger partial charge in [-0.2, -0.15) is 0 Å². The molecule has 2 N–H and O–H groups in total. The summed E-state index contributed by atoms with van der Waals surface area (Å²) >= 11 is 4.96. The quantitative estimate of drug-likeness (QED) is 0.853. The molecule has 18 heavy (non-hydrogen) atoms. The predicted molar refractivity (Wildman–Crippen MR) is 77.5 cm³/mol. The number of nitrogens with zero attached hydrogens (tertiary/aromatic N) is 1. The van der Waals surface area contributed by atoms with Crippen LogP contribution in [0, 0.1) is 11.7 Å². The standard InChI is InChI=1S/C14H19FN2S/c1-2-10-6-8-17(9-7-10)12-5-3-4-11(15)13(12)14(16)18/h3-5,10H,2,6-9H2,1H3,(H2,16,18). The normalized spacial score (nSPS) is 16.9. The molecule has 0 saturated carbocycles. The summed E-state index contributed by atoms with van der Waals surface area (Å²) in [7, 11) is 0. The minimum Gasteiger partial charge on any atom is -0.389 e. The van der Waals surface area contributed by atoms with E-state index in [9.17, 15) is 4.39 Å². The van der Waals surface area contributed by atoms with Crippen molar-refractivity contribution >= 4 is 22.9 Å². The highest BCUT2D eigenvalue weighted by Crippen LogP contribution is 2.28. The zero-order valence-corrected chi connectivity index (χ0v) is 11.5. The van der Waals surface area contributed by atoms with Gasteiger partial charge in [-0.25, -0.2) is 4.39 Å². The van der Waals surface area contributed by atoms with Crippen molar-refractivity contribution in [1.29, 1.82) is 0 Å². The van der Waals surface area contributed by atoms with E-state index in [2.05, 4.69) is 11.8 Å². The maximum absolute atomic E-state index is 13.8. The summed E-state index contributed by atoms with van der Waals surface area (Å²) in [6, 6.07) is 5.04. The highest BCUT2D eigenvalue weighted by Gasteiger charge is 2.22. The lowest BCUT2D eigenvalue weighted by molar-refractivity contribution is 0.395. The van der Waals surface area contributed by atoms with Gasteiger partial charge < -0.3 is 10.6 Å². The summed E-state index contributed by atoms with van der Waals surface area (Å²) in [5.74, 6) is 0.473. The van der Waals surface area contributed by atoms with E-state index >= 15 is 0 Å². The zero-order chi connectivity index (χ0) is 13.1. The first-order chi connectivity index (χ1) is 8.63. The second-order valence-electron chi connectivity index (χ2n) is 4.84. The van der Waals surface area contributed by atoms with E-state index in [1.165, 1.54) is 12.5 Å².